The Labute approximate surface area is 163 Å². The molecule has 0 aliphatic carbocycles. The molecule has 0 aromatic heterocycles. The van der Waals surface area contributed by atoms with E-state index in [1.165, 1.54) is 5.56 Å². The first kappa shape index (κ1) is 20.4. The quantitative estimate of drug-likeness (QED) is 0.503. The lowest BCUT2D eigenvalue weighted by Gasteiger charge is -2.18. The average molecular weight is 420 g/mol. The van der Waals surface area contributed by atoms with Crippen LogP contribution in [0.5, 0.6) is 5.75 Å². The number of halogens is 1. The van der Waals surface area contributed by atoms with Crippen LogP contribution in [0.4, 0.5) is 0 Å². The van der Waals surface area contributed by atoms with Crippen molar-refractivity contribution in [2.24, 2.45) is 5.73 Å². The minimum atomic E-state index is -0.522. The van der Waals surface area contributed by atoms with Crippen molar-refractivity contribution in [1.29, 1.82) is 0 Å². The Bertz CT molecular complexity index is 709. The number of hydrogen-bond donors (Lipinski definition) is 4. The number of phenolic OH excluding ortho intramolecular Hbond substituents is 1. The van der Waals surface area contributed by atoms with E-state index in [2.05, 4.69) is 26.6 Å². The number of carbonyl (C=O) groups excluding carboxylic acids is 1. The summed E-state index contributed by atoms with van der Waals surface area (Å²) in [5, 5.41) is 16.0. The molecule has 0 bridgehead atoms. The molecule has 140 valence electrons. The number of nitrogens with two attached hydrogens (primary N) is 1. The van der Waals surface area contributed by atoms with Crippen LogP contribution in [-0.4, -0.2) is 29.6 Å². The summed E-state index contributed by atoms with van der Waals surface area (Å²) in [5.41, 5.74) is 7.98. The van der Waals surface area contributed by atoms with E-state index in [0.29, 0.717) is 19.5 Å². The van der Waals surface area contributed by atoms with E-state index in [4.69, 9.17) is 5.73 Å². The zero-order chi connectivity index (χ0) is 18.9. The first-order chi connectivity index (χ1) is 12.5. The van der Waals surface area contributed by atoms with Gasteiger partial charge in [-0.15, -0.1) is 0 Å². The Morgan fingerprint density at radius 1 is 1.23 bits per heavy atom. The second-order valence-corrected chi connectivity index (χ2v) is 7.36. The average Bonchev–Trinajstić information content (AvgIpc) is 2.63. The van der Waals surface area contributed by atoms with E-state index in [1.807, 2.05) is 43.3 Å². The van der Waals surface area contributed by atoms with E-state index >= 15 is 0 Å². The summed E-state index contributed by atoms with van der Waals surface area (Å²) in [6, 6.07) is 14.7. The Balaban J connectivity index is 1.70. The molecule has 2 atom stereocenters. The van der Waals surface area contributed by atoms with Crippen LogP contribution in [0, 0.1) is 0 Å². The molecule has 2 rings (SSSR count). The highest BCUT2D eigenvalue weighted by molar-refractivity contribution is 9.10. The molecule has 0 saturated heterocycles. The second kappa shape index (κ2) is 10.3. The molecule has 0 aliphatic heterocycles. The second-order valence-electron chi connectivity index (χ2n) is 6.44. The van der Waals surface area contributed by atoms with E-state index in [0.717, 1.165) is 16.5 Å². The van der Waals surface area contributed by atoms with Crippen molar-refractivity contribution >= 4 is 21.8 Å². The molecular formula is C20H26BrN3O2. The zero-order valence-corrected chi connectivity index (χ0v) is 16.5. The lowest BCUT2D eigenvalue weighted by molar-refractivity contribution is -0.123. The van der Waals surface area contributed by atoms with Gasteiger partial charge in [0.2, 0.25) is 5.91 Å². The summed E-state index contributed by atoms with van der Waals surface area (Å²) in [4.78, 5) is 12.2. The molecule has 0 aliphatic rings. The van der Waals surface area contributed by atoms with E-state index < -0.39 is 6.04 Å². The van der Waals surface area contributed by atoms with Crippen LogP contribution in [0.2, 0.25) is 0 Å². The number of amides is 1. The Hall–Kier alpha value is -1.89. The third-order valence-electron chi connectivity index (χ3n) is 4.12. The number of aryl methyl sites for hydroxylation is 1. The Morgan fingerprint density at radius 3 is 2.69 bits per heavy atom. The van der Waals surface area contributed by atoms with Gasteiger partial charge >= 0.3 is 0 Å². The monoisotopic (exact) mass is 419 g/mol. The SMILES string of the molecule is C[C@@H](CNCc1cc(Br)ccc1O)NC(=O)[C@H](N)CCc1ccccc1. The fraction of sp³-hybridized carbons (Fsp3) is 0.350. The summed E-state index contributed by atoms with van der Waals surface area (Å²) in [7, 11) is 0. The van der Waals surface area contributed by atoms with Crippen molar-refractivity contribution in [2.75, 3.05) is 6.54 Å². The molecule has 0 radical (unpaired) electrons. The van der Waals surface area contributed by atoms with Crippen LogP contribution in [0.25, 0.3) is 0 Å². The van der Waals surface area contributed by atoms with Gasteiger partial charge in [-0.3, -0.25) is 4.79 Å². The molecule has 0 fully saturated rings. The van der Waals surface area contributed by atoms with Crippen molar-refractivity contribution in [2.45, 2.75) is 38.4 Å². The van der Waals surface area contributed by atoms with E-state index in [1.54, 1.807) is 12.1 Å². The predicted octanol–water partition coefficient (Wildman–Crippen LogP) is 2.71. The van der Waals surface area contributed by atoms with Crippen molar-refractivity contribution in [3.63, 3.8) is 0 Å². The van der Waals surface area contributed by atoms with Gasteiger partial charge in [0.1, 0.15) is 5.75 Å². The number of nitrogens with one attached hydrogen (secondary N) is 2. The fourth-order valence-electron chi connectivity index (χ4n) is 2.62. The third kappa shape index (κ3) is 6.78. The molecule has 5 N–H and O–H groups in total. The molecule has 0 unspecified atom stereocenters. The smallest absolute Gasteiger partial charge is 0.237 e. The summed E-state index contributed by atoms with van der Waals surface area (Å²) in [5.74, 6) is 0.112. The van der Waals surface area contributed by atoms with Crippen molar-refractivity contribution in [3.8, 4) is 5.75 Å². The number of hydrogen-bond acceptors (Lipinski definition) is 4. The maximum absolute atomic E-state index is 12.2. The van der Waals surface area contributed by atoms with E-state index in [-0.39, 0.29) is 17.7 Å². The molecule has 2 aromatic carbocycles. The van der Waals surface area contributed by atoms with Gasteiger partial charge in [0.25, 0.3) is 0 Å². The molecule has 5 nitrogen and oxygen atoms in total. The van der Waals surface area contributed by atoms with Crippen molar-refractivity contribution in [1.82, 2.24) is 10.6 Å². The van der Waals surface area contributed by atoms with Gasteiger partial charge in [0.15, 0.2) is 0 Å². The minimum Gasteiger partial charge on any atom is -0.508 e. The van der Waals surface area contributed by atoms with Crippen LogP contribution in [-0.2, 0) is 17.8 Å². The first-order valence-corrected chi connectivity index (χ1v) is 9.53. The van der Waals surface area contributed by atoms with Gasteiger partial charge < -0.3 is 21.5 Å². The number of benzene rings is 2. The molecule has 0 saturated carbocycles. The normalized spacial score (nSPS) is 13.2. The van der Waals surface area contributed by atoms with Gasteiger partial charge in [-0.1, -0.05) is 46.3 Å². The van der Waals surface area contributed by atoms with Crippen LogP contribution in [0.1, 0.15) is 24.5 Å². The zero-order valence-electron chi connectivity index (χ0n) is 14.9. The highest BCUT2D eigenvalue weighted by Crippen LogP contribution is 2.21. The topological polar surface area (TPSA) is 87.4 Å². The standard InChI is InChI=1S/C20H26BrN3O2/c1-14(12-23-13-16-11-17(21)8-10-19(16)25)24-20(26)18(22)9-7-15-5-3-2-4-6-15/h2-6,8,10-11,14,18,23,25H,7,9,12-13,22H2,1H3,(H,24,26)/t14-,18+/m0/s1. The summed E-state index contributed by atoms with van der Waals surface area (Å²) < 4.78 is 0.915. The molecule has 2 aromatic rings. The maximum Gasteiger partial charge on any atom is 0.237 e. The minimum absolute atomic E-state index is 0.0560. The highest BCUT2D eigenvalue weighted by Gasteiger charge is 2.15. The lowest BCUT2D eigenvalue weighted by Crippen LogP contribution is -2.47. The highest BCUT2D eigenvalue weighted by atomic mass is 79.9. The third-order valence-corrected chi connectivity index (χ3v) is 4.61. The lowest BCUT2D eigenvalue weighted by atomic mass is 10.1. The number of carbonyl (C=O) groups is 1. The maximum atomic E-state index is 12.2. The van der Waals surface area contributed by atoms with Crippen LogP contribution < -0.4 is 16.4 Å². The number of phenols is 1. The Morgan fingerprint density at radius 2 is 1.96 bits per heavy atom. The van der Waals surface area contributed by atoms with Gasteiger partial charge in [0.05, 0.1) is 6.04 Å². The van der Waals surface area contributed by atoms with Gasteiger partial charge in [-0.25, -0.2) is 0 Å². The van der Waals surface area contributed by atoms with Gasteiger partial charge in [-0.2, -0.15) is 0 Å². The predicted molar refractivity (Wildman–Crippen MR) is 108 cm³/mol. The fourth-order valence-corrected chi connectivity index (χ4v) is 3.03. The molecule has 1 amide bonds. The summed E-state index contributed by atoms with van der Waals surface area (Å²) in [6.07, 6.45) is 1.39. The largest absolute Gasteiger partial charge is 0.508 e. The first-order valence-electron chi connectivity index (χ1n) is 8.73. The van der Waals surface area contributed by atoms with Crippen LogP contribution in [0.15, 0.2) is 53.0 Å². The molecule has 0 spiro atoms. The van der Waals surface area contributed by atoms with Gasteiger partial charge in [0, 0.05) is 29.2 Å². The van der Waals surface area contributed by atoms with Gasteiger partial charge in [-0.05, 0) is 43.5 Å². The Kier molecular flexibility index (Phi) is 8.09. The van der Waals surface area contributed by atoms with Crippen LogP contribution >= 0.6 is 15.9 Å². The summed E-state index contributed by atoms with van der Waals surface area (Å²) in [6.45, 7) is 3.03. The van der Waals surface area contributed by atoms with Crippen molar-refractivity contribution in [3.05, 3.63) is 64.1 Å². The van der Waals surface area contributed by atoms with E-state index in [9.17, 15) is 9.90 Å². The summed E-state index contributed by atoms with van der Waals surface area (Å²) >= 11 is 3.39. The molecular weight excluding hydrogens is 394 g/mol. The van der Waals surface area contributed by atoms with Crippen molar-refractivity contribution < 1.29 is 9.90 Å². The number of rotatable bonds is 9. The van der Waals surface area contributed by atoms with Crippen LogP contribution in [0.3, 0.4) is 0 Å². The number of aromatic hydroxyl groups is 1. The molecule has 0 heterocycles. The molecule has 26 heavy (non-hydrogen) atoms. The molecule has 6 heteroatoms.